The zero-order chi connectivity index (χ0) is 15.2. The Hall–Kier alpha value is -1.60. The van der Waals surface area contributed by atoms with E-state index in [0.717, 1.165) is 13.0 Å². The average molecular weight is 281 g/mol. The van der Waals surface area contributed by atoms with Crippen LogP contribution in [0.2, 0.25) is 0 Å². The van der Waals surface area contributed by atoms with Crippen molar-refractivity contribution in [1.29, 1.82) is 0 Å². The molecule has 0 heterocycles. The molecule has 0 saturated carbocycles. The van der Waals surface area contributed by atoms with Crippen molar-refractivity contribution in [3.8, 4) is 0 Å². The first-order valence-electron chi connectivity index (χ1n) is 7.99. The van der Waals surface area contributed by atoms with Crippen LogP contribution in [0.5, 0.6) is 0 Å². The van der Waals surface area contributed by atoms with Gasteiger partial charge in [0.15, 0.2) is 0 Å². The summed E-state index contributed by atoms with van der Waals surface area (Å²) in [5, 5.41) is 3.67. The summed E-state index contributed by atoms with van der Waals surface area (Å²) in [4.78, 5) is 0. The minimum atomic E-state index is 0.426. The lowest BCUT2D eigenvalue weighted by atomic mass is 10.0. The Labute approximate surface area is 129 Å². The molecule has 0 aliphatic heterocycles. The second-order valence-corrected chi connectivity index (χ2v) is 6.15. The van der Waals surface area contributed by atoms with Gasteiger partial charge in [0.05, 0.1) is 0 Å². The normalized spacial score (nSPS) is 12.6. The first-order valence-corrected chi connectivity index (χ1v) is 7.99. The Morgan fingerprint density at radius 1 is 0.857 bits per heavy atom. The van der Waals surface area contributed by atoms with Crippen LogP contribution in [-0.4, -0.2) is 0 Å². The van der Waals surface area contributed by atoms with E-state index in [1.807, 2.05) is 0 Å². The van der Waals surface area contributed by atoms with E-state index in [2.05, 4.69) is 81.5 Å². The molecule has 2 rings (SSSR count). The van der Waals surface area contributed by atoms with E-state index in [-0.39, 0.29) is 0 Å². The quantitative estimate of drug-likeness (QED) is 0.751. The summed E-state index contributed by atoms with van der Waals surface area (Å²) < 4.78 is 0. The highest BCUT2D eigenvalue weighted by Crippen LogP contribution is 2.19. The standard InChI is InChI=1S/C20H27N/c1-5-20(19-10-6-16(4)7-11-19)21-14-17-8-12-18(13-9-17)15(2)3/h6-13,15,20-21H,5,14H2,1-4H3. The van der Waals surface area contributed by atoms with Gasteiger partial charge < -0.3 is 5.32 Å². The molecular weight excluding hydrogens is 254 g/mol. The molecule has 1 unspecified atom stereocenters. The topological polar surface area (TPSA) is 12.0 Å². The number of aryl methyl sites for hydroxylation is 1. The van der Waals surface area contributed by atoms with E-state index >= 15 is 0 Å². The van der Waals surface area contributed by atoms with Crippen LogP contribution >= 0.6 is 0 Å². The highest BCUT2D eigenvalue weighted by atomic mass is 14.9. The maximum absolute atomic E-state index is 3.67. The number of hydrogen-bond acceptors (Lipinski definition) is 1. The molecule has 2 aromatic rings. The number of rotatable bonds is 6. The molecule has 0 bridgehead atoms. The predicted octanol–water partition coefficient (Wildman–Crippen LogP) is 5.36. The van der Waals surface area contributed by atoms with Gasteiger partial charge in [-0.1, -0.05) is 74.9 Å². The highest BCUT2D eigenvalue weighted by molar-refractivity contribution is 5.26. The van der Waals surface area contributed by atoms with Crippen molar-refractivity contribution in [2.45, 2.75) is 52.6 Å². The Balaban J connectivity index is 1.98. The van der Waals surface area contributed by atoms with Crippen LogP contribution in [0.4, 0.5) is 0 Å². The molecule has 0 saturated heterocycles. The minimum Gasteiger partial charge on any atom is -0.306 e. The van der Waals surface area contributed by atoms with Gasteiger partial charge in [-0.3, -0.25) is 0 Å². The Kier molecular flexibility index (Phi) is 5.58. The molecule has 1 nitrogen and oxygen atoms in total. The van der Waals surface area contributed by atoms with Crippen molar-refractivity contribution < 1.29 is 0 Å². The van der Waals surface area contributed by atoms with Crippen LogP contribution in [0.3, 0.4) is 0 Å². The fourth-order valence-corrected chi connectivity index (χ4v) is 2.56. The zero-order valence-electron chi connectivity index (χ0n) is 13.7. The molecule has 0 fully saturated rings. The summed E-state index contributed by atoms with van der Waals surface area (Å²) in [6.07, 6.45) is 1.10. The SMILES string of the molecule is CCC(NCc1ccc(C(C)C)cc1)c1ccc(C)cc1. The van der Waals surface area contributed by atoms with Crippen molar-refractivity contribution in [3.05, 3.63) is 70.8 Å². The van der Waals surface area contributed by atoms with Gasteiger partial charge in [0, 0.05) is 12.6 Å². The van der Waals surface area contributed by atoms with E-state index < -0.39 is 0 Å². The van der Waals surface area contributed by atoms with E-state index in [9.17, 15) is 0 Å². The number of nitrogens with one attached hydrogen (secondary N) is 1. The van der Waals surface area contributed by atoms with Crippen LogP contribution in [0.15, 0.2) is 48.5 Å². The summed E-state index contributed by atoms with van der Waals surface area (Å²) in [7, 11) is 0. The molecule has 2 aromatic carbocycles. The molecule has 0 amide bonds. The molecule has 0 aliphatic carbocycles. The second-order valence-electron chi connectivity index (χ2n) is 6.15. The molecule has 0 radical (unpaired) electrons. The zero-order valence-corrected chi connectivity index (χ0v) is 13.7. The third kappa shape index (κ3) is 4.44. The summed E-state index contributed by atoms with van der Waals surface area (Å²) in [6, 6.07) is 18.2. The lowest BCUT2D eigenvalue weighted by Gasteiger charge is -2.18. The predicted molar refractivity (Wildman–Crippen MR) is 91.6 cm³/mol. The molecule has 0 spiro atoms. The second kappa shape index (κ2) is 7.42. The number of benzene rings is 2. The summed E-state index contributed by atoms with van der Waals surface area (Å²) in [5.74, 6) is 0.600. The van der Waals surface area contributed by atoms with Gasteiger partial charge in [-0.15, -0.1) is 0 Å². The fraction of sp³-hybridized carbons (Fsp3) is 0.400. The van der Waals surface area contributed by atoms with E-state index in [1.54, 1.807) is 0 Å². The molecule has 1 heteroatoms. The van der Waals surface area contributed by atoms with Gasteiger partial charge in [0.1, 0.15) is 0 Å². The minimum absolute atomic E-state index is 0.426. The van der Waals surface area contributed by atoms with Gasteiger partial charge >= 0.3 is 0 Å². The average Bonchev–Trinajstić information content (AvgIpc) is 2.50. The number of hydrogen-bond donors (Lipinski definition) is 1. The van der Waals surface area contributed by atoms with Crippen molar-refractivity contribution in [2.75, 3.05) is 0 Å². The lowest BCUT2D eigenvalue weighted by Crippen LogP contribution is -2.20. The van der Waals surface area contributed by atoms with E-state index in [0.29, 0.717) is 12.0 Å². The van der Waals surface area contributed by atoms with Crippen LogP contribution < -0.4 is 5.32 Å². The van der Waals surface area contributed by atoms with Crippen LogP contribution in [0.1, 0.15) is 61.4 Å². The smallest absolute Gasteiger partial charge is 0.0320 e. The Morgan fingerprint density at radius 3 is 1.95 bits per heavy atom. The van der Waals surface area contributed by atoms with E-state index in [4.69, 9.17) is 0 Å². The van der Waals surface area contributed by atoms with Gasteiger partial charge in [0.25, 0.3) is 0 Å². The first-order chi connectivity index (χ1) is 10.1. The molecule has 0 aromatic heterocycles. The third-order valence-electron chi connectivity index (χ3n) is 4.09. The Morgan fingerprint density at radius 2 is 1.43 bits per heavy atom. The molecule has 1 atom stereocenters. The first kappa shape index (κ1) is 15.8. The highest BCUT2D eigenvalue weighted by Gasteiger charge is 2.08. The van der Waals surface area contributed by atoms with Crippen molar-refractivity contribution in [2.24, 2.45) is 0 Å². The monoisotopic (exact) mass is 281 g/mol. The fourth-order valence-electron chi connectivity index (χ4n) is 2.56. The van der Waals surface area contributed by atoms with Crippen LogP contribution in [-0.2, 0) is 6.54 Å². The van der Waals surface area contributed by atoms with Crippen molar-refractivity contribution >= 4 is 0 Å². The third-order valence-corrected chi connectivity index (χ3v) is 4.09. The summed E-state index contributed by atoms with van der Waals surface area (Å²) >= 11 is 0. The summed E-state index contributed by atoms with van der Waals surface area (Å²) in [6.45, 7) is 9.76. The van der Waals surface area contributed by atoms with Crippen molar-refractivity contribution in [3.63, 3.8) is 0 Å². The maximum atomic E-state index is 3.67. The molecular formula is C20H27N. The van der Waals surface area contributed by atoms with Gasteiger partial charge in [-0.05, 0) is 36.0 Å². The molecule has 112 valence electrons. The van der Waals surface area contributed by atoms with Crippen LogP contribution in [0.25, 0.3) is 0 Å². The Bertz CT molecular complexity index is 537. The summed E-state index contributed by atoms with van der Waals surface area (Å²) in [5.41, 5.74) is 5.45. The van der Waals surface area contributed by atoms with Gasteiger partial charge in [-0.25, -0.2) is 0 Å². The van der Waals surface area contributed by atoms with Crippen LogP contribution in [0, 0.1) is 6.92 Å². The van der Waals surface area contributed by atoms with Gasteiger partial charge in [0.2, 0.25) is 0 Å². The largest absolute Gasteiger partial charge is 0.306 e. The van der Waals surface area contributed by atoms with Crippen molar-refractivity contribution in [1.82, 2.24) is 5.32 Å². The molecule has 0 aliphatic rings. The maximum Gasteiger partial charge on any atom is 0.0320 e. The van der Waals surface area contributed by atoms with Gasteiger partial charge in [-0.2, -0.15) is 0 Å². The van der Waals surface area contributed by atoms with E-state index in [1.165, 1.54) is 22.3 Å². The molecule has 21 heavy (non-hydrogen) atoms. The lowest BCUT2D eigenvalue weighted by molar-refractivity contribution is 0.519. The molecule has 1 N–H and O–H groups in total.